The molecule has 6 heteroatoms. The molecule has 0 aliphatic rings. The number of hydrogen-bond acceptors (Lipinski definition) is 3. The Morgan fingerprint density at radius 2 is 1.95 bits per heavy atom. The van der Waals surface area contributed by atoms with Crippen LogP contribution in [0.25, 0.3) is 11.3 Å². The van der Waals surface area contributed by atoms with Crippen molar-refractivity contribution in [3.05, 3.63) is 38.4 Å². The van der Waals surface area contributed by atoms with Crippen molar-refractivity contribution in [2.24, 2.45) is 11.7 Å². The van der Waals surface area contributed by atoms with Crippen LogP contribution in [-0.2, 0) is 0 Å². The van der Waals surface area contributed by atoms with Gasteiger partial charge in [0.15, 0.2) is 0 Å². The molecular formula is C13H13Cl2FN2S. The van der Waals surface area contributed by atoms with Gasteiger partial charge in [0, 0.05) is 10.9 Å². The topological polar surface area (TPSA) is 38.9 Å². The van der Waals surface area contributed by atoms with Gasteiger partial charge >= 0.3 is 0 Å². The van der Waals surface area contributed by atoms with Gasteiger partial charge in [-0.3, -0.25) is 0 Å². The van der Waals surface area contributed by atoms with Crippen molar-refractivity contribution in [2.75, 3.05) is 0 Å². The zero-order chi connectivity index (χ0) is 14.2. The van der Waals surface area contributed by atoms with Gasteiger partial charge in [-0.05, 0) is 18.1 Å². The van der Waals surface area contributed by atoms with E-state index in [4.69, 9.17) is 28.9 Å². The second-order valence-corrected chi connectivity index (χ2v) is 6.29. The minimum Gasteiger partial charge on any atom is -0.322 e. The second-order valence-electron chi connectivity index (χ2n) is 4.59. The third-order valence-corrected chi connectivity index (χ3v) is 4.36. The van der Waals surface area contributed by atoms with Crippen LogP contribution < -0.4 is 5.73 Å². The molecule has 0 fully saturated rings. The smallest absolute Gasteiger partial charge is 0.142 e. The summed E-state index contributed by atoms with van der Waals surface area (Å²) in [5.74, 6) is -0.222. The fourth-order valence-electron chi connectivity index (χ4n) is 1.57. The molecule has 1 aromatic heterocycles. The van der Waals surface area contributed by atoms with E-state index in [1.54, 1.807) is 0 Å². The molecule has 1 heterocycles. The lowest BCUT2D eigenvalue weighted by Crippen LogP contribution is -2.16. The number of halogens is 3. The van der Waals surface area contributed by atoms with Crippen molar-refractivity contribution < 1.29 is 4.39 Å². The minimum absolute atomic E-state index is 0.00286. The maximum absolute atomic E-state index is 13.5. The van der Waals surface area contributed by atoms with Gasteiger partial charge in [-0.1, -0.05) is 37.0 Å². The number of thiazole rings is 1. The molecule has 1 atom stereocenters. The molecular weight excluding hydrogens is 306 g/mol. The van der Waals surface area contributed by atoms with Crippen LogP contribution in [0.1, 0.15) is 24.9 Å². The zero-order valence-electron chi connectivity index (χ0n) is 10.5. The SMILES string of the molecule is CC(C)C(N)c1nc(-c2cc(F)c(Cl)cc2Cl)cs1. The van der Waals surface area contributed by atoms with E-state index in [1.165, 1.54) is 23.5 Å². The lowest BCUT2D eigenvalue weighted by Gasteiger charge is -2.11. The Morgan fingerprint density at radius 3 is 2.58 bits per heavy atom. The van der Waals surface area contributed by atoms with Crippen molar-refractivity contribution in [3.63, 3.8) is 0 Å². The molecule has 19 heavy (non-hydrogen) atoms. The van der Waals surface area contributed by atoms with Crippen LogP contribution >= 0.6 is 34.5 Å². The van der Waals surface area contributed by atoms with E-state index in [0.29, 0.717) is 16.3 Å². The predicted octanol–water partition coefficient (Wildman–Crippen LogP) is 4.91. The molecule has 0 saturated heterocycles. The molecule has 2 nitrogen and oxygen atoms in total. The number of benzene rings is 1. The molecule has 0 aliphatic carbocycles. The Bertz CT molecular complexity index is 598. The summed E-state index contributed by atoms with van der Waals surface area (Å²) in [6.45, 7) is 4.06. The van der Waals surface area contributed by atoms with Gasteiger partial charge in [0.2, 0.25) is 0 Å². The molecule has 0 bridgehead atoms. The molecule has 0 aliphatic heterocycles. The molecule has 2 aromatic rings. The predicted molar refractivity (Wildman–Crippen MR) is 79.3 cm³/mol. The molecule has 0 saturated carbocycles. The Labute approximate surface area is 125 Å². The van der Waals surface area contributed by atoms with E-state index in [-0.39, 0.29) is 17.0 Å². The van der Waals surface area contributed by atoms with Crippen LogP contribution in [0.4, 0.5) is 4.39 Å². The molecule has 1 aromatic carbocycles. The maximum atomic E-state index is 13.5. The summed E-state index contributed by atoms with van der Waals surface area (Å²) in [6.07, 6.45) is 0. The summed E-state index contributed by atoms with van der Waals surface area (Å²) in [5.41, 5.74) is 7.19. The lowest BCUT2D eigenvalue weighted by molar-refractivity contribution is 0.512. The first-order valence-corrected chi connectivity index (χ1v) is 7.39. The highest BCUT2D eigenvalue weighted by Crippen LogP contribution is 2.34. The first-order chi connectivity index (χ1) is 8.90. The highest BCUT2D eigenvalue weighted by molar-refractivity contribution is 7.10. The van der Waals surface area contributed by atoms with Gasteiger partial charge in [0.25, 0.3) is 0 Å². The van der Waals surface area contributed by atoms with Crippen LogP contribution in [0.15, 0.2) is 17.5 Å². The molecule has 2 N–H and O–H groups in total. The summed E-state index contributed by atoms with van der Waals surface area (Å²) in [5, 5.41) is 3.02. The normalized spacial score (nSPS) is 13.0. The van der Waals surface area contributed by atoms with Gasteiger partial charge in [-0.2, -0.15) is 0 Å². The summed E-state index contributed by atoms with van der Waals surface area (Å²) in [7, 11) is 0. The zero-order valence-corrected chi connectivity index (χ0v) is 12.8. The number of rotatable bonds is 3. The van der Waals surface area contributed by atoms with E-state index in [9.17, 15) is 4.39 Å². The Kier molecular flexibility index (Phi) is 4.46. The minimum atomic E-state index is -0.510. The molecule has 102 valence electrons. The number of aromatic nitrogens is 1. The third-order valence-electron chi connectivity index (χ3n) is 2.81. The van der Waals surface area contributed by atoms with Gasteiger partial charge < -0.3 is 5.73 Å². The summed E-state index contributed by atoms with van der Waals surface area (Å²) >= 11 is 13.2. The Balaban J connectivity index is 2.41. The fraction of sp³-hybridized carbons (Fsp3) is 0.308. The van der Waals surface area contributed by atoms with Crippen molar-refractivity contribution in [3.8, 4) is 11.3 Å². The van der Waals surface area contributed by atoms with Gasteiger partial charge in [0.1, 0.15) is 10.8 Å². The molecule has 0 amide bonds. The third kappa shape index (κ3) is 3.08. The number of hydrogen-bond donors (Lipinski definition) is 1. The van der Waals surface area contributed by atoms with E-state index in [0.717, 1.165) is 5.01 Å². The van der Waals surface area contributed by atoms with Crippen LogP contribution in [0.2, 0.25) is 10.0 Å². The average Bonchev–Trinajstić information content (AvgIpc) is 2.81. The largest absolute Gasteiger partial charge is 0.322 e. The summed E-state index contributed by atoms with van der Waals surface area (Å²) < 4.78 is 13.5. The Hall–Kier alpha value is -0.680. The van der Waals surface area contributed by atoms with Crippen molar-refractivity contribution >= 4 is 34.5 Å². The van der Waals surface area contributed by atoms with Gasteiger partial charge in [-0.25, -0.2) is 9.37 Å². The van der Waals surface area contributed by atoms with Gasteiger partial charge in [0.05, 0.1) is 21.8 Å². The molecule has 0 spiro atoms. The quantitative estimate of drug-likeness (QED) is 0.816. The second kappa shape index (κ2) is 5.75. The summed E-state index contributed by atoms with van der Waals surface area (Å²) in [4.78, 5) is 4.43. The lowest BCUT2D eigenvalue weighted by atomic mass is 10.1. The van der Waals surface area contributed by atoms with E-state index >= 15 is 0 Å². The maximum Gasteiger partial charge on any atom is 0.142 e. The standard InChI is InChI=1S/C13H13Cl2FN2S/c1-6(2)12(17)13-18-11(5-19-13)7-3-10(16)9(15)4-8(7)14/h3-6,12H,17H2,1-2H3. The van der Waals surface area contributed by atoms with E-state index in [2.05, 4.69) is 4.98 Å². The van der Waals surface area contributed by atoms with E-state index in [1.807, 2.05) is 19.2 Å². The highest BCUT2D eigenvalue weighted by atomic mass is 35.5. The van der Waals surface area contributed by atoms with Crippen molar-refractivity contribution in [1.29, 1.82) is 0 Å². The van der Waals surface area contributed by atoms with Gasteiger partial charge in [-0.15, -0.1) is 11.3 Å². The number of nitrogens with zero attached hydrogens (tertiary/aromatic N) is 1. The average molecular weight is 319 g/mol. The van der Waals surface area contributed by atoms with Crippen molar-refractivity contribution in [2.45, 2.75) is 19.9 Å². The van der Waals surface area contributed by atoms with Crippen LogP contribution in [-0.4, -0.2) is 4.98 Å². The molecule has 2 rings (SSSR count). The molecule has 1 unspecified atom stereocenters. The fourth-order valence-corrected chi connectivity index (χ4v) is 3.04. The van der Waals surface area contributed by atoms with Crippen molar-refractivity contribution in [1.82, 2.24) is 4.98 Å². The first-order valence-electron chi connectivity index (χ1n) is 5.76. The van der Waals surface area contributed by atoms with Crippen LogP contribution in [0.3, 0.4) is 0 Å². The molecule has 0 radical (unpaired) electrons. The monoisotopic (exact) mass is 318 g/mol. The summed E-state index contributed by atoms with van der Waals surface area (Å²) in [6, 6.07) is 2.55. The van der Waals surface area contributed by atoms with Crippen LogP contribution in [0, 0.1) is 11.7 Å². The number of nitrogens with two attached hydrogens (primary N) is 1. The first kappa shape index (κ1) is 14.7. The highest BCUT2D eigenvalue weighted by Gasteiger charge is 2.17. The van der Waals surface area contributed by atoms with E-state index < -0.39 is 5.82 Å². The Morgan fingerprint density at radius 1 is 1.26 bits per heavy atom. The van der Waals surface area contributed by atoms with Crippen LogP contribution in [0.5, 0.6) is 0 Å².